The molecule has 0 aliphatic rings. The van der Waals surface area contributed by atoms with Gasteiger partial charge in [0.25, 0.3) is 0 Å². The molecule has 4 heteroatoms. The smallest absolute Gasteiger partial charge is 0.125 e. The standard InChI is InChI=1S/C8H10ClFS2/c1-12(2,11)8-4-6(9)3-7(10)5-8/h3-5,11H,1-2H3. The molecule has 0 nitrogen and oxygen atoms in total. The molecule has 1 aromatic rings. The van der Waals surface area contributed by atoms with Crippen LogP contribution in [-0.4, -0.2) is 12.5 Å². The molecule has 0 fully saturated rings. The van der Waals surface area contributed by atoms with E-state index in [0.717, 1.165) is 4.90 Å². The normalized spacial score (nSPS) is 13.1. The van der Waals surface area contributed by atoms with Gasteiger partial charge in [0.2, 0.25) is 0 Å². The van der Waals surface area contributed by atoms with Crippen LogP contribution in [0.3, 0.4) is 0 Å². The Bertz CT molecular complexity index is 273. The zero-order valence-electron chi connectivity index (χ0n) is 6.84. The summed E-state index contributed by atoms with van der Waals surface area (Å²) in [4.78, 5) is 0.871. The van der Waals surface area contributed by atoms with Crippen molar-refractivity contribution < 1.29 is 4.39 Å². The van der Waals surface area contributed by atoms with E-state index in [-0.39, 0.29) is 5.82 Å². The fourth-order valence-electron chi connectivity index (χ4n) is 0.817. The summed E-state index contributed by atoms with van der Waals surface area (Å²) in [5.74, 6) is -0.299. The number of hydrogen-bond donors (Lipinski definition) is 1. The summed E-state index contributed by atoms with van der Waals surface area (Å²) in [6.07, 6.45) is 3.95. The summed E-state index contributed by atoms with van der Waals surface area (Å²) in [5, 5.41) is 0.430. The van der Waals surface area contributed by atoms with Crippen LogP contribution in [0.25, 0.3) is 0 Å². The van der Waals surface area contributed by atoms with Crippen LogP contribution in [0.4, 0.5) is 4.39 Å². The highest BCUT2D eigenvalue weighted by Crippen LogP contribution is 2.53. The first-order valence-corrected chi connectivity index (χ1v) is 7.19. The van der Waals surface area contributed by atoms with Crippen LogP contribution >= 0.6 is 32.3 Å². The zero-order chi connectivity index (χ0) is 9.35. The maximum absolute atomic E-state index is 12.9. The quantitative estimate of drug-likeness (QED) is 0.545. The molecule has 1 rings (SSSR count). The van der Waals surface area contributed by atoms with Gasteiger partial charge in [0.15, 0.2) is 0 Å². The Balaban J connectivity index is 3.18. The third-order valence-corrected chi connectivity index (χ3v) is 3.65. The van der Waals surface area contributed by atoms with Gasteiger partial charge in [-0.2, -0.15) is 9.06 Å². The minimum atomic E-state index is -1.18. The van der Waals surface area contributed by atoms with Crippen LogP contribution in [0.5, 0.6) is 0 Å². The third kappa shape index (κ3) is 2.57. The lowest BCUT2D eigenvalue weighted by Crippen LogP contribution is -1.88. The van der Waals surface area contributed by atoms with E-state index in [4.69, 9.17) is 11.6 Å². The van der Waals surface area contributed by atoms with Crippen LogP contribution in [0.1, 0.15) is 0 Å². The molecule has 0 aliphatic heterocycles. The molecule has 0 spiro atoms. The monoisotopic (exact) mass is 224 g/mol. The Kier molecular flexibility index (Phi) is 2.97. The van der Waals surface area contributed by atoms with Crippen molar-refractivity contribution >= 4 is 32.3 Å². The molecule has 0 atom stereocenters. The van der Waals surface area contributed by atoms with Crippen molar-refractivity contribution in [2.24, 2.45) is 0 Å². The van der Waals surface area contributed by atoms with Crippen LogP contribution in [0, 0.1) is 5.82 Å². The molecule has 0 amide bonds. The maximum Gasteiger partial charge on any atom is 0.125 e. The van der Waals surface area contributed by atoms with Crippen LogP contribution < -0.4 is 0 Å². The van der Waals surface area contributed by atoms with Crippen molar-refractivity contribution in [3.05, 3.63) is 29.0 Å². The Morgan fingerprint density at radius 2 is 1.92 bits per heavy atom. The van der Waals surface area contributed by atoms with Gasteiger partial charge < -0.3 is 0 Å². The highest BCUT2D eigenvalue weighted by atomic mass is 35.5. The molecule has 0 heterocycles. The van der Waals surface area contributed by atoms with Crippen molar-refractivity contribution in [3.63, 3.8) is 0 Å². The number of benzene rings is 1. The molecule has 0 saturated heterocycles. The lowest BCUT2D eigenvalue weighted by Gasteiger charge is -2.24. The molecule has 12 heavy (non-hydrogen) atoms. The molecule has 0 N–H and O–H groups in total. The molecular formula is C8H10ClFS2. The third-order valence-electron chi connectivity index (χ3n) is 1.41. The van der Waals surface area contributed by atoms with Gasteiger partial charge in [-0.15, -0.1) is 11.7 Å². The van der Waals surface area contributed by atoms with E-state index in [9.17, 15) is 4.39 Å². The maximum atomic E-state index is 12.9. The first-order valence-electron chi connectivity index (χ1n) is 3.31. The van der Waals surface area contributed by atoms with Gasteiger partial charge in [0, 0.05) is 9.92 Å². The zero-order valence-corrected chi connectivity index (χ0v) is 9.31. The molecular weight excluding hydrogens is 215 g/mol. The van der Waals surface area contributed by atoms with E-state index < -0.39 is 9.06 Å². The van der Waals surface area contributed by atoms with E-state index in [2.05, 4.69) is 11.7 Å². The van der Waals surface area contributed by atoms with Gasteiger partial charge >= 0.3 is 0 Å². The lowest BCUT2D eigenvalue weighted by molar-refractivity contribution is 0.624. The molecule has 0 radical (unpaired) electrons. The number of thiol groups is 1. The Morgan fingerprint density at radius 3 is 2.33 bits per heavy atom. The second-order valence-corrected chi connectivity index (χ2v) is 9.07. The number of hydrogen-bond acceptors (Lipinski definition) is 1. The van der Waals surface area contributed by atoms with Crippen molar-refractivity contribution in [2.45, 2.75) is 4.90 Å². The summed E-state index contributed by atoms with van der Waals surface area (Å²) in [6, 6.07) is 4.53. The van der Waals surface area contributed by atoms with Gasteiger partial charge in [0.1, 0.15) is 5.82 Å². The van der Waals surface area contributed by atoms with Gasteiger partial charge in [-0.3, -0.25) is 0 Å². The first kappa shape index (κ1) is 10.2. The summed E-state index contributed by atoms with van der Waals surface area (Å²) >= 11 is 10.1. The molecule has 1 aromatic carbocycles. The second kappa shape index (κ2) is 3.48. The molecule has 0 aromatic heterocycles. The van der Waals surface area contributed by atoms with Gasteiger partial charge in [-0.25, -0.2) is 4.39 Å². The second-order valence-electron chi connectivity index (χ2n) is 2.88. The van der Waals surface area contributed by atoms with Crippen molar-refractivity contribution in [3.8, 4) is 0 Å². The largest absolute Gasteiger partial charge is 0.207 e. The van der Waals surface area contributed by atoms with E-state index in [1.165, 1.54) is 12.1 Å². The van der Waals surface area contributed by atoms with E-state index in [1.807, 2.05) is 12.5 Å². The summed E-state index contributed by atoms with van der Waals surface area (Å²) in [5.41, 5.74) is 0. The Hall–Kier alpha value is 0.140. The molecule has 68 valence electrons. The predicted molar refractivity (Wildman–Crippen MR) is 58.1 cm³/mol. The van der Waals surface area contributed by atoms with Crippen LogP contribution in [-0.2, 0) is 0 Å². The number of halogens is 2. The summed E-state index contributed by atoms with van der Waals surface area (Å²) in [6.45, 7) is 0. The number of rotatable bonds is 1. The van der Waals surface area contributed by atoms with Gasteiger partial charge in [-0.05, 0) is 30.7 Å². The first-order chi connectivity index (χ1) is 5.39. The molecule has 0 unspecified atom stereocenters. The Morgan fingerprint density at radius 1 is 1.33 bits per heavy atom. The fourth-order valence-corrected chi connectivity index (χ4v) is 2.24. The van der Waals surface area contributed by atoms with E-state index in [1.54, 1.807) is 6.07 Å². The van der Waals surface area contributed by atoms with Gasteiger partial charge in [-0.1, -0.05) is 11.6 Å². The lowest BCUT2D eigenvalue weighted by atomic mass is 10.3. The molecule has 0 aliphatic carbocycles. The minimum Gasteiger partial charge on any atom is -0.207 e. The van der Waals surface area contributed by atoms with E-state index in [0.29, 0.717) is 5.02 Å². The van der Waals surface area contributed by atoms with Gasteiger partial charge in [0.05, 0.1) is 0 Å². The van der Waals surface area contributed by atoms with Crippen molar-refractivity contribution in [1.82, 2.24) is 0 Å². The predicted octanol–water partition coefficient (Wildman–Crippen LogP) is 3.75. The van der Waals surface area contributed by atoms with Crippen molar-refractivity contribution in [1.29, 1.82) is 0 Å². The summed E-state index contributed by atoms with van der Waals surface area (Å²) in [7, 11) is -1.18. The fraction of sp³-hybridized carbons (Fsp3) is 0.250. The van der Waals surface area contributed by atoms with Crippen LogP contribution in [0.2, 0.25) is 5.02 Å². The molecule has 0 bridgehead atoms. The van der Waals surface area contributed by atoms with E-state index >= 15 is 0 Å². The average molecular weight is 225 g/mol. The minimum absolute atomic E-state index is 0.299. The van der Waals surface area contributed by atoms with Crippen molar-refractivity contribution in [2.75, 3.05) is 12.5 Å². The average Bonchev–Trinajstić information content (AvgIpc) is 1.82. The van der Waals surface area contributed by atoms with Crippen LogP contribution in [0.15, 0.2) is 23.1 Å². The SMILES string of the molecule is CS(C)(S)c1cc(F)cc(Cl)c1. The topological polar surface area (TPSA) is 0 Å². The summed E-state index contributed by atoms with van der Waals surface area (Å²) < 4.78 is 12.9. The highest BCUT2D eigenvalue weighted by Gasteiger charge is 2.10. The highest BCUT2D eigenvalue weighted by molar-refractivity contribution is 8.87. The Labute approximate surface area is 83.2 Å². The molecule has 0 saturated carbocycles.